The van der Waals surface area contributed by atoms with Crippen molar-refractivity contribution in [2.45, 2.75) is 45.2 Å². The van der Waals surface area contributed by atoms with Gasteiger partial charge in [0.15, 0.2) is 11.6 Å². The summed E-state index contributed by atoms with van der Waals surface area (Å²) >= 11 is 0. The van der Waals surface area contributed by atoms with Crippen molar-refractivity contribution in [3.05, 3.63) is 59.7 Å². The van der Waals surface area contributed by atoms with Crippen molar-refractivity contribution in [1.82, 2.24) is 14.7 Å². The van der Waals surface area contributed by atoms with E-state index in [1.807, 2.05) is 0 Å². The summed E-state index contributed by atoms with van der Waals surface area (Å²) < 4.78 is 34.2. The number of likely N-dealkylation sites (tertiary alicyclic amines) is 1. The summed E-state index contributed by atoms with van der Waals surface area (Å²) in [5.74, 6) is -1.65. The highest BCUT2D eigenvalue weighted by molar-refractivity contribution is 6.03. The molecule has 1 fully saturated rings. The maximum Gasteiger partial charge on any atom is 0.254 e. The Balaban J connectivity index is 1.63. The van der Waals surface area contributed by atoms with Crippen LogP contribution in [0.5, 0.6) is 11.5 Å². The Bertz CT molecular complexity index is 1200. The first kappa shape index (κ1) is 23.7. The monoisotopic (exact) mass is 469 g/mol. The molecule has 180 valence electrons. The lowest BCUT2D eigenvalue weighted by Crippen LogP contribution is -2.47. The normalized spacial score (nSPS) is 17.0. The van der Waals surface area contributed by atoms with Gasteiger partial charge in [0.25, 0.3) is 5.91 Å². The third-order valence-electron chi connectivity index (χ3n) is 6.13. The van der Waals surface area contributed by atoms with Crippen LogP contribution in [0.4, 0.5) is 14.6 Å². The number of nitrogen functional groups attached to an aromatic ring is 1. The van der Waals surface area contributed by atoms with Gasteiger partial charge in [-0.3, -0.25) is 9.69 Å². The van der Waals surface area contributed by atoms with E-state index in [1.165, 1.54) is 6.07 Å². The Kier molecular flexibility index (Phi) is 6.31. The molecule has 9 heteroatoms. The number of nitrogens with zero attached hydrogens (tertiary/aromatic N) is 3. The molecule has 4 rings (SSSR count). The van der Waals surface area contributed by atoms with Gasteiger partial charge in [-0.25, -0.2) is 13.5 Å². The van der Waals surface area contributed by atoms with Gasteiger partial charge < -0.3 is 16.2 Å². The highest BCUT2D eigenvalue weighted by Gasteiger charge is 2.32. The Hall–Kier alpha value is -3.46. The number of carbonyl (C=O) groups excluding carboxylic acids is 1. The first-order valence-corrected chi connectivity index (χ1v) is 11.2. The van der Waals surface area contributed by atoms with Crippen LogP contribution in [-0.4, -0.2) is 39.2 Å². The van der Waals surface area contributed by atoms with Gasteiger partial charge in [0.2, 0.25) is 0 Å². The van der Waals surface area contributed by atoms with Gasteiger partial charge in [0.05, 0.1) is 6.04 Å². The second kappa shape index (κ2) is 9.06. The quantitative estimate of drug-likeness (QED) is 0.562. The van der Waals surface area contributed by atoms with E-state index in [0.29, 0.717) is 17.0 Å². The molecule has 0 saturated carbocycles. The van der Waals surface area contributed by atoms with Crippen LogP contribution in [0.2, 0.25) is 0 Å². The molecule has 2 heterocycles. The molecule has 1 atom stereocenters. The molecule has 1 amide bonds. The number of amides is 1. The van der Waals surface area contributed by atoms with E-state index in [4.69, 9.17) is 21.3 Å². The molecule has 4 N–H and O–H groups in total. The summed E-state index contributed by atoms with van der Waals surface area (Å²) in [5.41, 5.74) is 13.2. The van der Waals surface area contributed by atoms with Gasteiger partial charge in [-0.05, 0) is 76.6 Å². The van der Waals surface area contributed by atoms with Gasteiger partial charge in [0, 0.05) is 23.7 Å². The minimum absolute atomic E-state index is 0.00968. The molecule has 1 aliphatic heterocycles. The summed E-state index contributed by atoms with van der Waals surface area (Å²) in [6, 6.07) is 9.72. The molecular weight excluding hydrogens is 440 g/mol. The molecule has 0 bridgehead atoms. The molecule has 1 aliphatic rings. The summed E-state index contributed by atoms with van der Waals surface area (Å²) in [6.45, 7) is 8.27. The van der Waals surface area contributed by atoms with Crippen molar-refractivity contribution < 1.29 is 18.3 Å². The Morgan fingerprint density at radius 2 is 1.85 bits per heavy atom. The zero-order valence-electron chi connectivity index (χ0n) is 19.5. The largest absolute Gasteiger partial charge is 0.454 e. The Morgan fingerprint density at radius 3 is 2.47 bits per heavy atom. The molecular formula is C25H29F2N5O2. The summed E-state index contributed by atoms with van der Waals surface area (Å²) in [5, 5.41) is 4.70. The zero-order chi connectivity index (χ0) is 24.6. The number of halogens is 2. The third kappa shape index (κ3) is 4.75. The smallest absolute Gasteiger partial charge is 0.254 e. The lowest BCUT2D eigenvalue weighted by atomic mass is 9.98. The number of rotatable bonds is 5. The van der Waals surface area contributed by atoms with Crippen molar-refractivity contribution >= 4 is 11.7 Å². The molecule has 0 aliphatic carbocycles. The number of primary amides is 1. The molecule has 7 nitrogen and oxygen atoms in total. The van der Waals surface area contributed by atoms with E-state index >= 15 is 0 Å². The number of nitrogens with two attached hydrogens (primary N) is 2. The van der Waals surface area contributed by atoms with Crippen molar-refractivity contribution in [3.63, 3.8) is 0 Å². The van der Waals surface area contributed by atoms with E-state index in [9.17, 15) is 13.6 Å². The summed E-state index contributed by atoms with van der Waals surface area (Å²) in [4.78, 5) is 14.7. The van der Waals surface area contributed by atoms with Crippen LogP contribution in [0.15, 0.2) is 42.5 Å². The Morgan fingerprint density at radius 1 is 1.15 bits per heavy atom. The number of hydrogen-bond donors (Lipinski definition) is 2. The van der Waals surface area contributed by atoms with Crippen LogP contribution in [-0.2, 0) is 0 Å². The number of aromatic nitrogens is 2. The van der Waals surface area contributed by atoms with Gasteiger partial charge >= 0.3 is 0 Å². The zero-order valence-corrected chi connectivity index (χ0v) is 19.5. The first-order valence-electron chi connectivity index (χ1n) is 11.2. The van der Waals surface area contributed by atoms with E-state index in [2.05, 4.69) is 25.7 Å². The van der Waals surface area contributed by atoms with Crippen LogP contribution in [0.3, 0.4) is 0 Å². The van der Waals surface area contributed by atoms with Crippen LogP contribution >= 0.6 is 0 Å². The molecule has 0 unspecified atom stereocenters. The van der Waals surface area contributed by atoms with Crippen molar-refractivity contribution in [2.75, 3.05) is 18.8 Å². The van der Waals surface area contributed by atoms with E-state index in [1.54, 1.807) is 28.9 Å². The topological polar surface area (TPSA) is 99.4 Å². The lowest BCUT2D eigenvalue weighted by molar-refractivity contribution is 0.0792. The van der Waals surface area contributed by atoms with Crippen molar-refractivity contribution in [2.24, 2.45) is 5.73 Å². The van der Waals surface area contributed by atoms with E-state index in [-0.39, 0.29) is 28.7 Å². The van der Waals surface area contributed by atoms with Crippen molar-refractivity contribution in [3.8, 4) is 22.8 Å². The van der Waals surface area contributed by atoms with Gasteiger partial charge in [-0.1, -0.05) is 0 Å². The van der Waals surface area contributed by atoms with E-state index < -0.39 is 17.5 Å². The second-order valence-electron chi connectivity index (χ2n) is 9.53. The fraction of sp³-hybridized carbons (Fsp3) is 0.360. The van der Waals surface area contributed by atoms with Crippen molar-refractivity contribution in [1.29, 1.82) is 0 Å². The number of piperidine rings is 1. The predicted molar refractivity (Wildman–Crippen MR) is 127 cm³/mol. The first-order chi connectivity index (χ1) is 16.0. The average Bonchev–Trinajstić information content (AvgIpc) is 3.13. The van der Waals surface area contributed by atoms with Crippen LogP contribution < -0.4 is 16.2 Å². The molecule has 2 aromatic carbocycles. The van der Waals surface area contributed by atoms with Gasteiger partial charge in [0.1, 0.15) is 28.6 Å². The second-order valence-corrected chi connectivity index (χ2v) is 9.53. The Labute approximate surface area is 197 Å². The molecule has 0 spiro atoms. The number of anilines is 1. The average molecular weight is 470 g/mol. The highest BCUT2D eigenvalue weighted by Crippen LogP contribution is 2.34. The van der Waals surface area contributed by atoms with Crippen LogP contribution in [0.1, 0.15) is 50.0 Å². The molecule has 34 heavy (non-hydrogen) atoms. The highest BCUT2D eigenvalue weighted by atomic mass is 19.1. The predicted octanol–water partition coefficient (Wildman–Crippen LogP) is 4.74. The number of benzene rings is 2. The van der Waals surface area contributed by atoms with Gasteiger partial charge in [-0.2, -0.15) is 5.10 Å². The molecule has 3 aromatic rings. The molecule has 1 aromatic heterocycles. The number of ether oxygens (including phenoxy) is 1. The van der Waals surface area contributed by atoms with Crippen LogP contribution in [0, 0.1) is 11.6 Å². The fourth-order valence-electron chi connectivity index (χ4n) is 4.30. The SMILES string of the molecule is CC(C)(C)N1CCC[C@@H](n2nc(-c3ccc(Oc4ccc(F)cc4F)cc3)c(C(N)=O)c2N)C1. The summed E-state index contributed by atoms with van der Waals surface area (Å²) in [6.07, 6.45) is 1.89. The maximum absolute atomic E-state index is 13.9. The standard InChI is InChI=1S/C25H29F2N5O2/c1-25(2,3)31-12-4-5-17(14-31)32-23(28)21(24(29)33)22(30-32)15-6-9-18(10-7-15)34-20-11-8-16(26)13-19(20)27/h6-11,13,17H,4-5,12,14,28H2,1-3H3,(H2,29,33)/t17-/m1/s1. The molecule has 0 radical (unpaired) electrons. The number of hydrogen-bond acceptors (Lipinski definition) is 5. The van der Waals surface area contributed by atoms with Crippen LogP contribution in [0.25, 0.3) is 11.3 Å². The molecule has 1 saturated heterocycles. The minimum Gasteiger partial charge on any atom is -0.454 e. The number of carbonyl (C=O) groups is 1. The fourth-order valence-corrected chi connectivity index (χ4v) is 4.30. The lowest BCUT2D eigenvalue weighted by Gasteiger charge is -2.41. The third-order valence-corrected chi connectivity index (χ3v) is 6.13. The van der Waals surface area contributed by atoms with E-state index in [0.717, 1.165) is 38.1 Å². The maximum atomic E-state index is 13.9. The summed E-state index contributed by atoms with van der Waals surface area (Å²) in [7, 11) is 0. The van der Waals surface area contributed by atoms with Gasteiger partial charge in [-0.15, -0.1) is 0 Å². The minimum atomic E-state index is -0.802.